The molecule has 0 saturated carbocycles. The molecule has 1 unspecified atom stereocenters. The van der Waals surface area contributed by atoms with Crippen molar-refractivity contribution in [2.24, 2.45) is 0 Å². The molecule has 3 rings (SSSR count). The Morgan fingerprint density at radius 3 is 3.25 bits per heavy atom. The second-order valence-electron chi connectivity index (χ2n) is 5.52. The fourth-order valence-corrected chi connectivity index (χ4v) is 3.64. The van der Waals surface area contributed by atoms with Gasteiger partial charge in [0.05, 0.1) is 5.39 Å². The van der Waals surface area contributed by atoms with E-state index in [0.29, 0.717) is 0 Å². The average molecular weight is 290 g/mol. The van der Waals surface area contributed by atoms with Crippen LogP contribution in [0.25, 0.3) is 10.2 Å². The quantitative estimate of drug-likeness (QED) is 0.857. The van der Waals surface area contributed by atoms with Crippen LogP contribution in [-0.2, 0) is 0 Å². The molecule has 2 aromatic heterocycles. The Morgan fingerprint density at radius 1 is 1.40 bits per heavy atom. The van der Waals surface area contributed by atoms with Crippen molar-refractivity contribution in [2.45, 2.75) is 38.6 Å². The van der Waals surface area contributed by atoms with E-state index in [4.69, 9.17) is 0 Å². The molecule has 1 aliphatic rings. The minimum atomic E-state index is 0.756. The maximum absolute atomic E-state index is 4.35. The zero-order chi connectivity index (χ0) is 13.8. The predicted octanol–water partition coefficient (Wildman–Crippen LogP) is 3.37. The van der Waals surface area contributed by atoms with Crippen molar-refractivity contribution in [1.29, 1.82) is 0 Å². The van der Waals surface area contributed by atoms with E-state index in [-0.39, 0.29) is 0 Å². The first-order chi connectivity index (χ1) is 9.84. The van der Waals surface area contributed by atoms with Gasteiger partial charge in [0.25, 0.3) is 0 Å². The van der Waals surface area contributed by atoms with E-state index in [1.54, 1.807) is 17.7 Å². The van der Waals surface area contributed by atoms with Gasteiger partial charge < -0.3 is 10.2 Å². The summed E-state index contributed by atoms with van der Waals surface area (Å²) in [5.74, 6) is 0.975. The number of nitrogens with zero attached hydrogens (tertiary/aromatic N) is 3. The second-order valence-corrected chi connectivity index (χ2v) is 6.42. The smallest absolute Gasteiger partial charge is 0.138 e. The Kier molecular flexibility index (Phi) is 4.47. The topological polar surface area (TPSA) is 41.0 Å². The Morgan fingerprint density at radius 2 is 2.35 bits per heavy atom. The molecule has 1 aliphatic heterocycles. The highest BCUT2D eigenvalue weighted by molar-refractivity contribution is 7.16. The van der Waals surface area contributed by atoms with Crippen LogP contribution in [0.5, 0.6) is 0 Å². The van der Waals surface area contributed by atoms with Crippen LogP contribution in [-0.4, -0.2) is 40.5 Å². The van der Waals surface area contributed by atoms with Crippen LogP contribution in [0.3, 0.4) is 0 Å². The number of fused-ring (bicyclic) bond motifs is 1. The highest BCUT2D eigenvalue weighted by Crippen LogP contribution is 2.23. The summed E-state index contributed by atoms with van der Waals surface area (Å²) in [4.78, 5) is 12.3. The monoisotopic (exact) mass is 290 g/mol. The lowest BCUT2D eigenvalue weighted by Gasteiger charge is -2.33. The van der Waals surface area contributed by atoms with Crippen molar-refractivity contribution in [3.63, 3.8) is 0 Å². The molecule has 20 heavy (non-hydrogen) atoms. The third kappa shape index (κ3) is 3.10. The van der Waals surface area contributed by atoms with Crippen LogP contribution < -0.4 is 5.32 Å². The van der Waals surface area contributed by atoms with Crippen LogP contribution in [0.1, 0.15) is 32.6 Å². The van der Waals surface area contributed by atoms with Crippen molar-refractivity contribution in [3.05, 3.63) is 17.8 Å². The fourth-order valence-electron chi connectivity index (χ4n) is 2.91. The van der Waals surface area contributed by atoms with Crippen molar-refractivity contribution in [2.75, 3.05) is 25.0 Å². The number of piperidine rings is 1. The molecule has 1 N–H and O–H groups in total. The lowest BCUT2D eigenvalue weighted by molar-refractivity contribution is 0.160. The van der Waals surface area contributed by atoms with Gasteiger partial charge in [-0.3, -0.25) is 0 Å². The van der Waals surface area contributed by atoms with E-state index in [9.17, 15) is 0 Å². The molecule has 2 aromatic rings. The molecule has 1 atom stereocenters. The Hall–Kier alpha value is -1.20. The van der Waals surface area contributed by atoms with Crippen LogP contribution in [0, 0.1) is 0 Å². The Bertz CT molecular complexity index is 554. The normalized spacial score (nSPS) is 20.4. The maximum atomic E-state index is 4.35. The molecule has 0 amide bonds. The first-order valence-corrected chi connectivity index (χ1v) is 8.38. The lowest BCUT2D eigenvalue weighted by Crippen LogP contribution is -2.38. The summed E-state index contributed by atoms with van der Waals surface area (Å²) >= 11 is 1.66. The summed E-state index contributed by atoms with van der Waals surface area (Å²) in [6.07, 6.45) is 6.93. The van der Waals surface area contributed by atoms with E-state index in [0.717, 1.165) is 28.6 Å². The Labute approximate surface area is 124 Å². The van der Waals surface area contributed by atoms with Crippen molar-refractivity contribution >= 4 is 27.4 Å². The zero-order valence-electron chi connectivity index (χ0n) is 12.0. The van der Waals surface area contributed by atoms with Crippen molar-refractivity contribution in [3.8, 4) is 0 Å². The third-order valence-electron chi connectivity index (χ3n) is 4.12. The van der Waals surface area contributed by atoms with Gasteiger partial charge in [0.15, 0.2) is 0 Å². The van der Waals surface area contributed by atoms with Gasteiger partial charge in [-0.1, -0.05) is 6.42 Å². The summed E-state index contributed by atoms with van der Waals surface area (Å²) in [7, 11) is 0. The minimum absolute atomic E-state index is 0.756. The standard InChI is InChI=1S/C15H22N4S/c1-12-5-2-3-8-19(12)9-4-7-16-14-13-6-10-20-15(13)18-11-17-14/h6,10-12H,2-5,7-9H2,1H3,(H,16,17,18). The first kappa shape index (κ1) is 13.8. The van der Waals surface area contributed by atoms with Gasteiger partial charge in [-0.25, -0.2) is 9.97 Å². The van der Waals surface area contributed by atoms with E-state index in [1.807, 2.05) is 0 Å². The van der Waals surface area contributed by atoms with Crippen LogP contribution in [0.2, 0.25) is 0 Å². The van der Waals surface area contributed by atoms with Gasteiger partial charge in [-0.05, 0) is 44.2 Å². The summed E-state index contributed by atoms with van der Waals surface area (Å²) in [6, 6.07) is 2.85. The van der Waals surface area contributed by atoms with Gasteiger partial charge in [0, 0.05) is 19.1 Å². The molecular weight excluding hydrogens is 268 g/mol. The lowest BCUT2D eigenvalue weighted by atomic mass is 10.0. The molecule has 0 aliphatic carbocycles. The van der Waals surface area contributed by atoms with E-state index < -0.39 is 0 Å². The van der Waals surface area contributed by atoms with Crippen molar-refractivity contribution in [1.82, 2.24) is 14.9 Å². The number of anilines is 1. The van der Waals surface area contributed by atoms with E-state index in [2.05, 4.69) is 38.6 Å². The van der Waals surface area contributed by atoms with Crippen LogP contribution in [0.4, 0.5) is 5.82 Å². The predicted molar refractivity (Wildman–Crippen MR) is 85.4 cm³/mol. The number of hydrogen-bond acceptors (Lipinski definition) is 5. The van der Waals surface area contributed by atoms with Gasteiger partial charge >= 0.3 is 0 Å². The SMILES string of the molecule is CC1CCCCN1CCCNc1ncnc2sccc12. The highest BCUT2D eigenvalue weighted by atomic mass is 32.1. The number of thiophene rings is 1. The van der Waals surface area contributed by atoms with E-state index in [1.165, 1.54) is 38.8 Å². The molecule has 0 radical (unpaired) electrons. The molecule has 3 heterocycles. The Balaban J connectivity index is 1.49. The average Bonchev–Trinajstić information content (AvgIpc) is 2.94. The molecule has 1 saturated heterocycles. The van der Waals surface area contributed by atoms with Gasteiger partial charge in [0.2, 0.25) is 0 Å². The summed E-state index contributed by atoms with van der Waals surface area (Å²) < 4.78 is 0. The number of likely N-dealkylation sites (tertiary alicyclic amines) is 1. The van der Waals surface area contributed by atoms with Gasteiger partial charge in [0.1, 0.15) is 17.0 Å². The first-order valence-electron chi connectivity index (χ1n) is 7.51. The number of aromatic nitrogens is 2. The van der Waals surface area contributed by atoms with Crippen LogP contribution >= 0.6 is 11.3 Å². The third-order valence-corrected chi connectivity index (χ3v) is 4.94. The highest BCUT2D eigenvalue weighted by Gasteiger charge is 2.17. The van der Waals surface area contributed by atoms with Crippen molar-refractivity contribution < 1.29 is 0 Å². The number of hydrogen-bond donors (Lipinski definition) is 1. The second kappa shape index (κ2) is 6.50. The van der Waals surface area contributed by atoms with E-state index >= 15 is 0 Å². The number of rotatable bonds is 5. The van der Waals surface area contributed by atoms with Crippen LogP contribution in [0.15, 0.2) is 17.8 Å². The molecule has 0 spiro atoms. The fraction of sp³-hybridized carbons (Fsp3) is 0.600. The zero-order valence-corrected chi connectivity index (χ0v) is 12.8. The minimum Gasteiger partial charge on any atom is -0.369 e. The molecule has 5 heteroatoms. The summed E-state index contributed by atoms with van der Waals surface area (Å²) in [5, 5.41) is 6.67. The van der Waals surface area contributed by atoms with Gasteiger partial charge in [-0.2, -0.15) is 0 Å². The molecule has 0 aromatic carbocycles. The molecule has 4 nitrogen and oxygen atoms in total. The molecule has 1 fully saturated rings. The number of nitrogens with one attached hydrogen (secondary N) is 1. The molecule has 0 bridgehead atoms. The molecule has 108 valence electrons. The largest absolute Gasteiger partial charge is 0.369 e. The van der Waals surface area contributed by atoms with Gasteiger partial charge in [-0.15, -0.1) is 11.3 Å². The summed E-state index contributed by atoms with van der Waals surface area (Å²) in [6.45, 7) is 5.78. The summed E-state index contributed by atoms with van der Waals surface area (Å²) in [5.41, 5.74) is 0. The maximum Gasteiger partial charge on any atom is 0.138 e. The molecular formula is C15H22N4S.